The number of benzene rings is 1. The molecule has 0 amide bonds. The third-order valence-electron chi connectivity index (χ3n) is 2.40. The highest BCUT2D eigenvalue weighted by atomic mass is 32.1. The van der Waals surface area contributed by atoms with E-state index in [1.54, 1.807) is 23.7 Å². The van der Waals surface area contributed by atoms with Gasteiger partial charge < -0.3 is 5.73 Å². The van der Waals surface area contributed by atoms with Crippen LogP contribution in [-0.2, 0) is 6.42 Å². The van der Waals surface area contributed by atoms with Crippen LogP contribution in [0.25, 0.3) is 10.5 Å². The fourth-order valence-corrected chi connectivity index (χ4v) is 2.57. The number of thiazole rings is 1. The summed E-state index contributed by atoms with van der Waals surface area (Å²) in [5.74, 6) is 0. The van der Waals surface area contributed by atoms with Gasteiger partial charge in [-0.1, -0.05) is 23.5 Å². The first kappa shape index (κ1) is 10.2. The summed E-state index contributed by atoms with van der Waals surface area (Å²) >= 11 is 1.57. The van der Waals surface area contributed by atoms with E-state index in [0.29, 0.717) is 0 Å². The largest absolute Gasteiger partial charge is 0.399 e. The van der Waals surface area contributed by atoms with Crippen LogP contribution in [0.15, 0.2) is 36.7 Å². The van der Waals surface area contributed by atoms with Gasteiger partial charge in [0.2, 0.25) is 0 Å². The van der Waals surface area contributed by atoms with Crippen molar-refractivity contribution in [1.82, 2.24) is 15.0 Å². The van der Waals surface area contributed by atoms with E-state index in [2.05, 4.69) is 15.0 Å². The van der Waals surface area contributed by atoms with E-state index in [1.807, 2.05) is 24.3 Å². The van der Waals surface area contributed by atoms with Crippen molar-refractivity contribution in [3.05, 3.63) is 47.2 Å². The predicted molar refractivity (Wildman–Crippen MR) is 68.9 cm³/mol. The zero-order valence-corrected chi connectivity index (χ0v) is 9.81. The molecule has 0 aliphatic carbocycles. The highest BCUT2D eigenvalue weighted by Crippen LogP contribution is 2.20. The monoisotopic (exact) mass is 242 g/mol. The van der Waals surface area contributed by atoms with Gasteiger partial charge in [0.25, 0.3) is 0 Å². The molecule has 0 atom stereocenters. The normalized spacial score (nSPS) is 10.8. The topological polar surface area (TPSA) is 64.7 Å². The third-order valence-corrected chi connectivity index (χ3v) is 3.35. The molecule has 5 heteroatoms. The lowest BCUT2D eigenvalue weighted by Gasteiger charge is -1.98. The maximum absolute atomic E-state index is 5.75. The first-order valence-electron chi connectivity index (χ1n) is 5.22. The number of fused-ring (bicyclic) bond motifs is 1. The van der Waals surface area contributed by atoms with E-state index >= 15 is 0 Å². The van der Waals surface area contributed by atoms with Crippen LogP contribution in [0.1, 0.15) is 10.6 Å². The molecule has 84 valence electrons. The lowest BCUT2D eigenvalue weighted by Crippen LogP contribution is -1.90. The second-order valence-corrected chi connectivity index (χ2v) is 4.78. The summed E-state index contributed by atoms with van der Waals surface area (Å²) in [6, 6.07) is 7.84. The first-order chi connectivity index (χ1) is 8.31. The molecule has 17 heavy (non-hydrogen) atoms. The summed E-state index contributed by atoms with van der Waals surface area (Å²) in [7, 11) is 0. The number of nitrogen functional groups attached to an aromatic ring is 1. The Labute approximate surface area is 102 Å². The quantitative estimate of drug-likeness (QED) is 0.700. The molecule has 2 heterocycles. The van der Waals surface area contributed by atoms with E-state index in [1.165, 1.54) is 0 Å². The van der Waals surface area contributed by atoms with Crippen molar-refractivity contribution in [1.29, 1.82) is 0 Å². The number of anilines is 1. The van der Waals surface area contributed by atoms with Gasteiger partial charge in [0, 0.05) is 24.5 Å². The molecule has 3 rings (SSSR count). The van der Waals surface area contributed by atoms with Crippen LogP contribution in [-0.4, -0.2) is 15.0 Å². The smallest absolute Gasteiger partial charge is 0.189 e. The lowest BCUT2D eigenvalue weighted by molar-refractivity contribution is 1.14. The molecular formula is C12H10N4S. The van der Waals surface area contributed by atoms with Gasteiger partial charge >= 0.3 is 0 Å². The Morgan fingerprint density at radius 3 is 2.88 bits per heavy atom. The Hall–Kier alpha value is -2.01. The molecule has 1 aromatic carbocycles. The number of hydrogen-bond acceptors (Lipinski definition) is 5. The summed E-state index contributed by atoms with van der Waals surface area (Å²) in [5, 5.41) is 1.01. The van der Waals surface area contributed by atoms with Gasteiger partial charge in [-0.15, -0.1) is 0 Å². The van der Waals surface area contributed by atoms with Gasteiger partial charge in [0.05, 0.1) is 0 Å². The van der Waals surface area contributed by atoms with Crippen molar-refractivity contribution in [2.75, 3.05) is 5.73 Å². The molecule has 0 aliphatic rings. The maximum atomic E-state index is 5.75. The average molecular weight is 242 g/mol. The number of rotatable bonds is 2. The predicted octanol–water partition coefficient (Wildman–Crippen LogP) is 2.26. The van der Waals surface area contributed by atoms with Crippen molar-refractivity contribution in [2.24, 2.45) is 0 Å². The van der Waals surface area contributed by atoms with E-state index in [9.17, 15) is 0 Å². The Balaban J connectivity index is 1.94. The summed E-state index contributed by atoms with van der Waals surface area (Å²) in [4.78, 5) is 13.7. The van der Waals surface area contributed by atoms with Crippen LogP contribution in [0.4, 0.5) is 5.69 Å². The lowest BCUT2D eigenvalue weighted by atomic mass is 10.1. The molecule has 0 aliphatic heterocycles. The van der Waals surface area contributed by atoms with Gasteiger partial charge in [-0.3, -0.25) is 0 Å². The summed E-state index contributed by atoms with van der Waals surface area (Å²) in [5.41, 5.74) is 8.40. The Morgan fingerprint density at radius 2 is 2.06 bits per heavy atom. The fourth-order valence-electron chi connectivity index (χ4n) is 1.67. The minimum Gasteiger partial charge on any atom is -0.399 e. The Kier molecular flexibility index (Phi) is 2.45. The molecule has 0 saturated carbocycles. The zero-order valence-electron chi connectivity index (χ0n) is 9.00. The molecule has 0 saturated heterocycles. The molecule has 3 aromatic rings. The van der Waals surface area contributed by atoms with Crippen LogP contribution in [0.3, 0.4) is 0 Å². The molecular weight excluding hydrogens is 232 g/mol. The summed E-state index contributed by atoms with van der Waals surface area (Å²) < 4.78 is 0. The van der Waals surface area contributed by atoms with Gasteiger partial charge in [-0.05, 0) is 17.7 Å². The third kappa shape index (κ3) is 2.09. The minimum atomic E-state index is 0.719. The molecule has 0 radical (unpaired) electrons. The van der Waals surface area contributed by atoms with Crippen molar-refractivity contribution in [3.63, 3.8) is 0 Å². The van der Waals surface area contributed by atoms with Crippen LogP contribution >= 0.6 is 11.3 Å². The Morgan fingerprint density at radius 1 is 1.18 bits per heavy atom. The second kappa shape index (κ2) is 4.10. The van der Waals surface area contributed by atoms with Gasteiger partial charge in [0.15, 0.2) is 10.5 Å². The summed E-state index contributed by atoms with van der Waals surface area (Å²) in [6.07, 6.45) is 4.12. The number of aromatic nitrogens is 3. The molecule has 2 aromatic heterocycles. The van der Waals surface area contributed by atoms with Crippen molar-refractivity contribution < 1.29 is 0 Å². The molecule has 4 nitrogen and oxygen atoms in total. The average Bonchev–Trinajstić information content (AvgIpc) is 2.71. The zero-order chi connectivity index (χ0) is 11.7. The highest BCUT2D eigenvalue weighted by Gasteiger charge is 2.06. The van der Waals surface area contributed by atoms with Crippen LogP contribution in [0.2, 0.25) is 0 Å². The van der Waals surface area contributed by atoms with Gasteiger partial charge in [0.1, 0.15) is 5.01 Å². The highest BCUT2D eigenvalue weighted by molar-refractivity contribution is 7.18. The maximum Gasteiger partial charge on any atom is 0.189 e. The number of nitrogens with zero attached hydrogens (tertiary/aromatic N) is 3. The first-order valence-corrected chi connectivity index (χ1v) is 6.04. The van der Waals surface area contributed by atoms with Gasteiger partial charge in [-0.25, -0.2) is 15.0 Å². The SMILES string of the molecule is Nc1cccc(Cc2nc3nccnc3s2)c1. The summed E-state index contributed by atoms with van der Waals surface area (Å²) in [6.45, 7) is 0. The van der Waals surface area contributed by atoms with Crippen LogP contribution < -0.4 is 5.73 Å². The van der Waals surface area contributed by atoms with Crippen molar-refractivity contribution in [3.8, 4) is 0 Å². The molecule has 0 spiro atoms. The Bertz CT molecular complexity index is 629. The van der Waals surface area contributed by atoms with Crippen molar-refractivity contribution in [2.45, 2.75) is 6.42 Å². The molecule has 0 bridgehead atoms. The van der Waals surface area contributed by atoms with E-state index < -0.39 is 0 Å². The van der Waals surface area contributed by atoms with Crippen LogP contribution in [0, 0.1) is 0 Å². The number of nitrogens with two attached hydrogens (primary N) is 1. The fraction of sp³-hybridized carbons (Fsp3) is 0.0833. The standard InChI is InChI=1S/C12H10N4S/c13-9-3-1-2-8(6-9)7-10-16-11-12(17-10)15-5-4-14-11/h1-6H,7,13H2. The van der Waals surface area contributed by atoms with Crippen molar-refractivity contribution >= 4 is 27.5 Å². The molecule has 0 unspecified atom stereocenters. The van der Waals surface area contributed by atoms with E-state index in [0.717, 1.165) is 33.2 Å². The van der Waals surface area contributed by atoms with Crippen LogP contribution in [0.5, 0.6) is 0 Å². The van der Waals surface area contributed by atoms with E-state index in [4.69, 9.17) is 5.73 Å². The molecule has 0 fully saturated rings. The second-order valence-electron chi connectivity index (χ2n) is 3.71. The van der Waals surface area contributed by atoms with Gasteiger partial charge in [-0.2, -0.15) is 0 Å². The minimum absolute atomic E-state index is 0.719. The molecule has 2 N–H and O–H groups in total. The van der Waals surface area contributed by atoms with E-state index in [-0.39, 0.29) is 0 Å². The number of hydrogen-bond donors (Lipinski definition) is 1.